The van der Waals surface area contributed by atoms with Gasteiger partial charge in [-0.05, 0) is 43.9 Å². The van der Waals surface area contributed by atoms with Gasteiger partial charge in [0.2, 0.25) is 0 Å². The molecule has 7 heteroatoms. The summed E-state index contributed by atoms with van der Waals surface area (Å²) in [6.45, 7) is 2.16. The molecule has 0 fully saturated rings. The molecular weight excluding hydrogens is 366 g/mol. The number of aromatic amines is 1. The molecule has 3 heterocycles. The Morgan fingerprint density at radius 1 is 1.14 bits per heavy atom. The highest BCUT2D eigenvalue weighted by Crippen LogP contribution is 2.36. The molecule has 0 aliphatic carbocycles. The van der Waals surface area contributed by atoms with Gasteiger partial charge in [-0.2, -0.15) is 5.10 Å². The zero-order valence-corrected chi connectivity index (χ0v) is 16.5. The normalized spacial score (nSPS) is 15.9. The fourth-order valence-electron chi connectivity index (χ4n) is 3.66. The van der Waals surface area contributed by atoms with Crippen molar-refractivity contribution in [1.29, 1.82) is 0 Å². The number of benzene rings is 2. The zero-order chi connectivity index (χ0) is 19.8. The molecule has 1 unspecified atom stereocenters. The number of imidazole rings is 1. The number of ether oxygens (including phenoxy) is 2. The maximum atomic E-state index is 6.26. The summed E-state index contributed by atoms with van der Waals surface area (Å²) in [5.41, 5.74) is 4.20. The van der Waals surface area contributed by atoms with Crippen molar-refractivity contribution in [3.8, 4) is 22.6 Å². The van der Waals surface area contributed by atoms with Gasteiger partial charge < -0.3 is 18.9 Å². The fraction of sp³-hybridized carbons (Fsp3) is 0.273. The first-order valence-corrected chi connectivity index (χ1v) is 9.71. The zero-order valence-electron chi connectivity index (χ0n) is 16.5. The second-order valence-corrected chi connectivity index (χ2v) is 7.48. The summed E-state index contributed by atoms with van der Waals surface area (Å²) in [6.07, 6.45) is 3.48. The van der Waals surface area contributed by atoms with Crippen molar-refractivity contribution in [1.82, 2.24) is 24.6 Å². The number of nitrogens with one attached hydrogen (secondary N) is 1. The molecule has 2 aromatic heterocycles. The average molecular weight is 389 g/mol. The number of nitrogens with zero attached hydrogens (tertiary/aromatic N) is 4. The molecule has 1 N–H and O–H groups in total. The molecule has 1 aliphatic heterocycles. The number of hydrogen-bond donors (Lipinski definition) is 1. The molecule has 5 rings (SSSR count). The molecule has 1 aliphatic rings. The van der Waals surface area contributed by atoms with Crippen LogP contribution in [0.4, 0.5) is 0 Å². The van der Waals surface area contributed by atoms with Gasteiger partial charge in [0, 0.05) is 24.8 Å². The molecule has 0 radical (unpaired) electrons. The molecule has 0 bridgehead atoms. The van der Waals surface area contributed by atoms with Crippen LogP contribution < -0.4 is 9.47 Å². The van der Waals surface area contributed by atoms with Crippen molar-refractivity contribution in [2.24, 2.45) is 0 Å². The van der Waals surface area contributed by atoms with Crippen LogP contribution in [-0.2, 0) is 6.54 Å². The standard InChI is InChI=1S/C22H23N5O2/c1-26(2)9-10-27-18-11-15(16-12-23-24-13-16)7-8-17(18)25-22(27)21-14-28-19-5-3-4-6-20(19)29-21/h3-8,11-13,21H,9-10,14H2,1-2H3,(H,23,24). The van der Waals surface area contributed by atoms with Crippen LogP contribution in [0.25, 0.3) is 22.2 Å². The number of fused-ring (bicyclic) bond motifs is 2. The van der Waals surface area contributed by atoms with E-state index in [9.17, 15) is 0 Å². The molecule has 7 nitrogen and oxygen atoms in total. The second-order valence-electron chi connectivity index (χ2n) is 7.48. The summed E-state index contributed by atoms with van der Waals surface area (Å²) in [5, 5.41) is 6.95. The molecule has 4 aromatic rings. The Labute approximate surface area is 168 Å². The van der Waals surface area contributed by atoms with E-state index in [1.807, 2.05) is 36.7 Å². The first-order valence-electron chi connectivity index (χ1n) is 9.71. The quantitative estimate of drug-likeness (QED) is 0.566. The summed E-state index contributed by atoms with van der Waals surface area (Å²) in [5.74, 6) is 2.43. The Balaban J connectivity index is 1.58. The van der Waals surface area contributed by atoms with Crippen LogP contribution in [-0.4, -0.2) is 51.9 Å². The number of aromatic nitrogens is 4. The highest BCUT2D eigenvalue weighted by molar-refractivity contribution is 5.82. The van der Waals surface area contributed by atoms with E-state index in [0.717, 1.165) is 52.6 Å². The van der Waals surface area contributed by atoms with Crippen LogP contribution in [0.1, 0.15) is 11.9 Å². The van der Waals surface area contributed by atoms with Crippen molar-refractivity contribution < 1.29 is 9.47 Å². The molecular formula is C22H23N5O2. The van der Waals surface area contributed by atoms with E-state index >= 15 is 0 Å². The fourth-order valence-corrected chi connectivity index (χ4v) is 3.66. The Bertz CT molecular complexity index is 1130. The van der Waals surface area contributed by atoms with Gasteiger partial charge in [-0.25, -0.2) is 4.98 Å². The second kappa shape index (κ2) is 7.25. The van der Waals surface area contributed by atoms with Crippen LogP contribution in [0.5, 0.6) is 11.5 Å². The maximum Gasteiger partial charge on any atom is 0.190 e. The van der Waals surface area contributed by atoms with Gasteiger partial charge in [0.1, 0.15) is 6.61 Å². The topological polar surface area (TPSA) is 68.2 Å². The average Bonchev–Trinajstić information content (AvgIpc) is 3.39. The molecule has 2 aromatic carbocycles. The highest BCUT2D eigenvalue weighted by Gasteiger charge is 2.27. The van der Waals surface area contributed by atoms with E-state index in [2.05, 4.69) is 52.0 Å². The maximum absolute atomic E-state index is 6.26. The smallest absolute Gasteiger partial charge is 0.190 e. The summed E-state index contributed by atoms with van der Waals surface area (Å²) < 4.78 is 14.5. The minimum atomic E-state index is -0.253. The van der Waals surface area contributed by atoms with Gasteiger partial charge in [0.05, 0.1) is 17.2 Å². The van der Waals surface area contributed by atoms with Gasteiger partial charge in [0.15, 0.2) is 23.4 Å². The van der Waals surface area contributed by atoms with Crippen LogP contribution in [0.2, 0.25) is 0 Å². The van der Waals surface area contributed by atoms with Gasteiger partial charge in [0.25, 0.3) is 0 Å². The third kappa shape index (κ3) is 3.34. The Kier molecular flexibility index (Phi) is 4.44. The summed E-state index contributed by atoms with van der Waals surface area (Å²) >= 11 is 0. The van der Waals surface area contributed by atoms with Crippen molar-refractivity contribution in [2.45, 2.75) is 12.6 Å². The number of hydrogen-bond acceptors (Lipinski definition) is 5. The number of H-pyrrole nitrogens is 1. The van der Waals surface area contributed by atoms with E-state index in [4.69, 9.17) is 14.5 Å². The predicted molar refractivity (Wildman–Crippen MR) is 111 cm³/mol. The van der Waals surface area contributed by atoms with E-state index in [1.54, 1.807) is 0 Å². The largest absolute Gasteiger partial charge is 0.485 e. The molecule has 0 saturated carbocycles. The lowest BCUT2D eigenvalue weighted by Crippen LogP contribution is -2.26. The SMILES string of the molecule is CN(C)CCn1c(C2COc3ccccc3O2)nc2ccc(-c3cn[nH]c3)cc21. The lowest BCUT2D eigenvalue weighted by molar-refractivity contribution is 0.0825. The van der Waals surface area contributed by atoms with E-state index < -0.39 is 0 Å². The number of likely N-dealkylation sites (N-methyl/N-ethyl adjacent to an activating group) is 1. The summed E-state index contributed by atoms with van der Waals surface area (Å²) in [4.78, 5) is 7.10. The Morgan fingerprint density at radius 3 is 2.79 bits per heavy atom. The van der Waals surface area contributed by atoms with Crippen LogP contribution in [0.3, 0.4) is 0 Å². The number of rotatable bonds is 5. The van der Waals surface area contributed by atoms with Gasteiger partial charge in [-0.3, -0.25) is 5.10 Å². The Morgan fingerprint density at radius 2 is 2.00 bits per heavy atom. The summed E-state index contributed by atoms with van der Waals surface area (Å²) in [6, 6.07) is 14.1. The molecule has 0 spiro atoms. The molecule has 0 amide bonds. The molecule has 148 valence electrons. The first-order chi connectivity index (χ1) is 14.2. The van der Waals surface area contributed by atoms with E-state index in [1.165, 1.54) is 0 Å². The Hall–Kier alpha value is -3.32. The predicted octanol–water partition coefficient (Wildman–Crippen LogP) is 3.50. The van der Waals surface area contributed by atoms with Gasteiger partial charge >= 0.3 is 0 Å². The van der Waals surface area contributed by atoms with Crippen molar-refractivity contribution in [2.75, 3.05) is 27.2 Å². The molecule has 29 heavy (non-hydrogen) atoms. The van der Waals surface area contributed by atoms with Crippen LogP contribution in [0, 0.1) is 0 Å². The molecule has 0 saturated heterocycles. The van der Waals surface area contributed by atoms with Crippen LogP contribution >= 0.6 is 0 Å². The third-order valence-corrected chi connectivity index (χ3v) is 5.18. The minimum Gasteiger partial charge on any atom is -0.485 e. The highest BCUT2D eigenvalue weighted by atomic mass is 16.6. The monoisotopic (exact) mass is 389 g/mol. The summed E-state index contributed by atoms with van der Waals surface area (Å²) in [7, 11) is 4.15. The third-order valence-electron chi connectivity index (χ3n) is 5.18. The minimum absolute atomic E-state index is 0.253. The lowest BCUT2D eigenvalue weighted by atomic mass is 10.1. The first kappa shape index (κ1) is 17.8. The van der Waals surface area contributed by atoms with E-state index in [0.29, 0.717) is 6.61 Å². The van der Waals surface area contributed by atoms with E-state index in [-0.39, 0.29) is 6.10 Å². The van der Waals surface area contributed by atoms with Crippen molar-refractivity contribution >= 4 is 11.0 Å². The number of para-hydroxylation sites is 2. The van der Waals surface area contributed by atoms with Crippen molar-refractivity contribution in [3.05, 3.63) is 60.7 Å². The van der Waals surface area contributed by atoms with Crippen molar-refractivity contribution in [3.63, 3.8) is 0 Å². The molecule has 1 atom stereocenters. The lowest BCUT2D eigenvalue weighted by Gasteiger charge is -2.26. The van der Waals surface area contributed by atoms with Crippen LogP contribution in [0.15, 0.2) is 54.9 Å². The van der Waals surface area contributed by atoms with Gasteiger partial charge in [-0.15, -0.1) is 0 Å². The van der Waals surface area contributed by atoms with Gasteiger partial charge in [-0.1, -0.05) is 18.2 Å².